The number of fused-ring (bicyclic) bond motifs is 11. The lowest BCUT2D eigenvalue weighted by molar-refractivity contribution is 1.71. The van der Waals surface area contributed by atoms with E-state index in [4.69, 9.17) is 0 Å². The van der Waals surface area contributed by atoms with Gasteiger partial charge in [0, 0.05) is 60.5 Å². The molecular weight excluding hydrogens is 625 g/mol. The van der Waals surface area contributed by atoms with Crippen molar-refractivity contribution in [3.8, 4) is 22.3 Å². The van der Waals surface area contributed by atoms with Crippen LogP contribution in [-0.2, 0) is 0 Å². The van der Waals surface area contributed by atoms with Crippen molar-refractivity contribution in [2.24, 2.45) is 0 Å². The SMILES string of the molecule is c1ccc2c(c1)sc1cc3c(cc12)sc1cc(-c2c4ccccc4c(-c4cccc5sc6ccccc6c45)c4ccccc24)ccc13. The van der Waals surface area contributed by atoms with Gasteiger partial charge in [-0.1, -0.05) is 109 Å². The second kappa shape index (κ2) is 9.73. The third-order valence-corrected chi connectivity index (χ3v) is 13.2. The Balaban J connectivity index is 1.20. The Labute approximate surface area is 282 Å². The lowest BCUT2D eigenvalue weighted by Gasteiger charge is -2.18. The largest absolute Gasteiger partial charge is 0.135 e. The molecule has 0 atom stereocenters. The van der Waals surface area contributed by atoms with Crippen LogP contribution in [0.4, 0.5) is 0 Å². The minimum absolute atomic E-state index is 1.27. The second-order valence-corrected chi connectivity index (χ2v) is 15.6. The summed E-state index contributed by atoms with van der Waals surface area (Å²) in [5.74, 6) is 0. The highest BCUT2D eigenvalue weighted by Gasteiger charge is 2.20. The molecule has 0 radical (unpaired) electrons. The van der Waals surface area contributed by atoms with Crippen molar-refractivity contribution >= 4 is 116 Å². The summed E-state index contributed by atoms with van der Waals surface area (Å²) in [7, 11) is 0. The van der Waals surface area contributed by atoms with E-state index in [9.17, 15) is 0 Å². The Morgan fingerprint density at radius 2 is 0.745 bits per heavy atom. The lowest BCUT2D eigenvalue weighted by Crippen LogP contribution is -1.91. The highest BCUT2D eigenvalue weighted by atomic mass is 32.1. The van der Waals surface area contributed by atoms with Crippen LogP contribution in [0.25, 0.3) is 104 Å². The number of rotatable bonds is 2. The molecule has 3 heterocycles. The van der Waals surface area contributed by atoms with Crippen molar-refractivity contribution in [2.45, 2.75) is 0 Å². The third-order valence-electron chi connectivity index (χ3n) is 9.86. The zero-order valence-electron chi connectivity index (χ0n) is 25.1. The van der Waals surface area contributed by atoms with Crippen LogP contribution in [0.1, 0.15) is 0 Å². The van der Waals surface area contributed by atoms with Gasteiger partial charge in [-0.25, -0.2) is 0 Å². The van der Waals surface area contributed by atoms with Gasteiger partial charge in [-0.2, -0.15) is 0 Å². The highest BCUT2D eigenvalue weighted by molar-refractivity contribution is 7.27. The fraction of sp³-hybridized carbons (Fsp3) is 0. The van der Waals surface area contributed by atoms with Crippen LogP contribution in [0.15, 0.2) is 146 Å². The maximum Gasteiger partial charge on any atom is 0.0362 e. The van der Waals surface area contributed by atoms with Gasteiger partial charge in [0.05, 0.1) is 0 Å². The van der Waals surface area contributed by atoms with E-state index >= 15 is 0 Å². The zero-order valence-corrected chi connectivity index (χ0v) is 27.5. The standard InChI is InChI=1S/C44H24S3/c1-3-13-30-28(11-1)42(25-20-21-27-35-24-40-34(23-41(35)47-39(27)22-25)26-10-5-7-17-36(26)46-40)29-12-2-4-14-31(29)43(30)33-16-9-19-38-44(33)32-15-6-8-18-37(32)45-38/h1-24H. The molecule has 0 spiro atoms. The molecule has 8 aromatic carbocycles. The fourth-order valence-electron chi connectivity index (χ4n) is 7.86. The van der Waals surface area contributed by atoms with E-state index in [2.05, 4.69) is 146 Å². The molecule has 0 aliphatic heterocycles. The zero-order chi connectivity index (χ0) is 30.6. The molecule has 0 unspecified atom stereocenters. The van der Waals surface area contributed by atoms with Crippen molar-refractivity contribution in [3.63, 3.8) is 0 Å². The Morgan fingerprint density at radius 1 is 0.277 bits per heavy atom. The van der Waals surface area contributed by atoms with Crippen molar-refractivity contribution < 1.29 is 0 Å². The van der Waals surface area contributed by atoms with Crippen LogP contribution < -0.4 is 0 Å². The highest BCUT2D eigenvalue weighted by Crippen LogP contribution is 2.49. The van der Waals surface area contributed by atoms with E-state index in [1.54, 1.807) is 0 Å². The molecule has 0 aliphatic carbocycles. The monoisotopic (exact) mass is 648 g/mol. The van der Waals surface area contributed by atoms with E-state index < -0.39 is 0 Å². The van der Waals surface area contributed by atoms with Gasteiger partial charge in [0.15, 0.2) is 0 Å². The van der Waals surface area contributed by atoms with Gasteiger partial charge in [-0.15, -0.1) is 34.0 Å². The van der Waals surface area contributed by atoms with Crippen molar-refractivity contribution in [1.82, 2.24) is 0 Å². The molecule has 47 heavy (non-hydrogen) atoms. The topological polar surface area (TPSA) is 0 Å². The van der Waals surface area contributed by atoms with E-state index in [1.165, 1.54) is 104 Å². The molecule has 11 aromatic rings. The average Bonchev–Trinajstić information content (AvgIpc) is 3.80. The molecule has 0 fully saturated rings. The maximum atomic E-state index is 2.44. The molecule has 0 aliphatic rings. The average molecular weight is 649 g/mol. The molecular formula is C44H24S3. The second-order valence-electron chi connectivity index (χ2n) is 12.4. The molecule has 11 rings (SSSR count). The lowest BCUT2D eigenvalue weighted by atomic mass is 9.85. The summed E-state index contributed by atoms with van der Waals surface area (Å²) >= 11 is 5.70. The first-order valence-corrected chi connectivity index (χ1v) is 18.4. The van der Waals surface area contributed by atoms with Gasteiger partial charge in [0.1, 0.15) is 0 Å². The minimum Gasteiger partial charge on any atom is -0.135 e. The van der Waals surface area contributed by atoms with Crippen LogP contribution in [0.2, 0.25) is 0 Å². The Morgan fingerprint density at radius 3 is 1.43 bits per heavy atom. The molecule has 0 saturated carbocycles. The van der Waals surface area contributed by atoms with Crippen molar-refractivity contribution in [2.75, 3.05) is 0 Å². The summed E-state index contributed by atoms with van der Waals surface area (Å²) < 4.78 is 8.09. The first-order valence-electron chi connectivity index (χ1n) is 15.9. The van der Waals surface area contributed by atoms with Crippen LogP contribution in [0, 0.1) is 0 Å². The van der Waals surface area contributed by atoms with Gasteiger partial charge in [-0.05, 0) is 80.2 Å². The molecule has 0 N–H and O–H groups in total. The predicted octanol–water partition coefficient (Wildman–Crippen LogP) is 14.4. The normalized spacial score (nSPS) is 12.3. The summed E-state index contributed by atoms with van der Waals surface area (Å²) in [4.78, 5) is 0. The van der Waals surface area contributed by atoms with Crippen molar-refractivity contribution in [3.05, 3.63) is 146 Å². The van der Waals surface area contributed by atoms with Crippen LogP contribution >= 0.6 is 34.0 Å². The van der Waals surface area contributed by atoms with Crippen LogP contribution in [0.3, 0.4) is 0 Å². The number of hydrogen-bond donors (Lipinski definition) is 0. The fourth-order valence-corrected chi connectivity index (χ4v) is 11.3. The van der Waals surface area contributed by atoms with E-state index in [0.717, 1.165) is 0 Å². The molecule has 3 aromatic heterocycles. The van der Waals surface area contributed by atoms with Crippen LogP contribution in [-0.4, -0.2) is 0 Å². The number of hydrogen-bond acceptors (Lipinski definition) is 3. The minimum atomic E-state index is 1.27. The molecule has 0 bridgehead atoms. The van der Waals surface area contributed by atoms with Gasteiger partial charge < -0.3 is 0 Å². The maximum absolute atomic E-state index is 2.44. The van der Waals surface area contributed by atoms with Gasteiger partial charge in [-0.3, -0.25) is 0 Å². The first-order chi connectivity index (χ1) is 23.3. The smallest absolute Gasteiger partial charge is 0.0362 e. The molecule has 0 amide bonds. The van der Waals surface area contributed by atoms with Crippen LogP contribution in [0.5, 0.6) is 0 Å². The van der Waals surface area contributed by atoms with Gasteiger partial charge >= 0.3 is 0 Å². The molecule has 0 nitrogen and oxygen atoms in total. The van der Waals surface area contributed by atoms with E-state index in [0.29, 0.717) is 0 Å². The summed E-state index contributed by atoms with van der Waals surface area (Å²) in [6.45, 7) is 0. The van der Waals surface area contributed by atoms with Crippen molar-refractivity contribution in [1.29, 1.82) is 0 Å². The van der Waals surface area contributed by atoms with E-state index in [1.807, 2.05) is 34.0 Å². The predicted molar refractivity (Wildman–Crippen MR) is 211 cm³/mol. The van der Waals surface area contributed by atoms with Gasteiger partial charge in [0.2, 0.25) is 0 Å². The molecule has 3 heteroatoms. The number of benzene rings is 8. The van der Waals surface area contributed by atoms with E-state index in [-0.39, 0.29) is 0 Å². The summed E-state index contributed by atoms with van der Waals surface area (Å²) in [5, 5.41) is 13.3. The van der Waals surface area contributed by atoms with Gasteiger partial charge in [0.25, 0.3) is 0 Å². The summed E-state index contributed by atoms with van der Waals surface area (Å²) in [5.41, 5.74) is 5.22. The number of thiophene rings is 3. The Kier molecular flexibility index (Phi) is 5.39. The first kappa shape index (κ1) is 26.1. The summed E-state index contributed by atoms with van der Waals surface area (Å²) in [6.07, 6.45) is 0. The summed E-state index contributed by atoms with van der Waals surface area (Å²) in [6, 6.07) is 54.5. The quantitative estimate of drug-likeness (QED) is 0.164. The Bertz CT molecular complexity index is 3020. The molecule has 218 valence electrons. The third kappa shape index (κ3) is 3.68. The Hall–Kier alpha value is -5.06. The molecule has 0 saturated heterocycles.